The first-order chi connectivity index (χ1) is 9.14. The van der Waals surface area contributed by atoms with E-state index in [9.17, 15) is 4.79 Å². The van der Waals surface area contributed by atoms with Crippen molar-refractivity contribution in [1.82, 2.24) is 0 Å². The van der Waals surface area contributed by atoms with Crippen LogP contribution in [0.4, 0.5) is 0 Å². The Hall–Kier alpha value is -1.55. The van der Waals surface area contributed by atoms with Crippen molar-refractivity contribution in [2.24, 2.45) is 0 Å². The monoisotopic (exact) mass is 276 g/mol. The number of fused-ring (bicyclic) bond motifs is 1. The first kappa shape index (κ1) is 13.9. The fraction of sp³-hybridized carbons (Fsp3) is 0.400. The Morgan fingerprint density at radius 2 is 1.74 bits per heavy atom. The van der Waals surface area contributed by atoms with E-state index in [1.807, 2.05) is 12.1 Å². The van der Waals surface area contributed by atoms with Gasteiger partial charge in [0.1, 0.15) is 11.3 Å². The molecule has 0 amide bonds. The van der Waals surface area contributed by atoms with E-state index in [0.29, 0.717) is 5.58 Å². The van der Waals surface area contributed by atoms with Gasteiger partial charge in [-0.3, -0.25) is 0 Å². The van der Waals surface area contributed by atoms with Crippen LogP contribution in [-0.2, 0) is 0 Å². The summed E-state index contributed by atoms with van der Waals surface area (Å²) in [4.78, 5) is 11.2. The lowest BCUT2D eigenvalue weighted by Crippen LogP contribution is -2.39. The van der Waals surface area contributed by atoms with Crippen LogP contribution in [0, 0.1) is 0 Å². The Morgan fingerprint density at radius 3 is 2.37 bits per heavy atom. The van der Waals surface area contributed by atoms with Crippen LogP contribution in [-0.4, -0.2) is 8.32 Å². The van der Waals surface area contributed by atoms with Gasteiger partial charge in [-0.15, -0.1) is 0 Å². The topological polar surface area (TPSA) is 39.4 Å². The van der Waals surface area contributed by atoms with Gasteiger partial charge in [0, 0.05) is 6.07 Å². The van der Waals surface area contributed by atoms with Crippen molar-refractivity contribution in [3.63, 3.8) is 0 Å². The second-order valence-corrected chi connectivity index (χ2v) is 9.46. The Kier molecular flexibility index (Phi) is 4.10. The zero-order valence-corrected chi connectivity index (χ0v) is 12.7. The smallest absolute Gasteiger partial charge is 0.336 e. The summed E-state index contributed by atoms with van der Waals surface area (Å²) in [5.41, 5.74) is 0.269. The molecule has 0 aliphatic rings. The molecule has 0 N–H and O–H groups in total. The van der Waals surface area contributed by atoms with Crippen LogP contribution in [0.15, 0.2) is 39.5 Å². The van der Waals surface area contributed by atoms with E-state index in [0.717, 1.165) is 29.3 Å². The fourth-order valence-electron chi connectivity index (χ4n) is 2.36. The second-order valence-electron chi connectivity index (χ2n) is 4.77. The predicted molar refractivity (Wildman–Crippen MR) is 80.3 cm³/mol. The van der Waals surface area contributed by atoms with Crippen molar-refractivity contribution in [1.29, 1.82) is 0 Å². The molecule has 4 heteroatoms. The van der Waals surface area contributed by atoms with Gasteiger partial charge in [-0.1, -0.05) is 26.8 Å². The van der Waals surface area contributed by atoms with Crippen LogP contribution in [0.1, 0.15) is 20.8 Å². The molecule has 0 spiro atoms. The summed E-state index contributed by atoms with van der Waals surface area (Å²) < 4.78 is 11.6. The average Bonchev–Trinajstić information content (AvgIpc) is 2.44. The molecule has 0 aliphatic heterocycles. The van der Waals surface area contributed by atoms with E-state index in [-0.39, 0.29) is 5.63 Å². The highest BCUT2D eigenvalue weighted by atomic mass is 28.4. The summed E-state index contributed by atoms with van der Waals surface area (Å²) in [5, 5.41) is 0.884. The third-order valence-corrected chi connectivity index (χ3v) is 8.40. The SMILES string of the molecule is CC[Si](CC)(CC)Oc1cccc2oc(=O)ccc12. The molecule has 1 heterocycles. The standard InChI is InChI=1S/C15H20O3Si/c1-4-19(5-2,6-3)18-14-9-7-8-13-12(14)10-11-15(16)17-13/h7-11H,4-6H2,1-3H3. The molecule has 2 aromatic rings. The second kappa shape index (κ2) is 5.61. The van der Waals surface area contributed by atoms with E-state index in [1.54, 1.807) is 12.1 Å². The molecule has 1 aromatic carbocycles. The predicted octanol–water partition coefficient (Wildman–Crippen LogP) is 4.18. The molecule has 3 nitrogen and oxygen atoms in total. The van der Waals surface area contributed by atoms with E-state index in [2.05, 4.69) is 20.8 Å². The highest BCUT2D eigenvalue weighted by Crippen LogP contribution is 2.30. The molecule has 0 atom stereocenters. The van der Waals surface area contributed by atoms with Crippen LogP contribution < -0.4 is 10.1 Å². The van der Waals surface area contributed by atoms with Crippen molar-refractivity contribution >= 4 is 19.3 Å². The summed E-state index contributed by atoms with van der Waals surface area (Å²) in [6.45, 7) is 6.60. The number of rotatable bonds is 5. The summed E-state index contributed by atoms with van der Waals surface area (Å²) in [7, 11) is -1.71. The molecule has 102 valence electrons. The van der Waals surface area contributed by atoms with E-state index in [1.165, 1.54) is 6.07 Å². The number of benzene rings is 1. The lowest BCUT2D eigenvalue weighted by Gasteiger charge is -2.29. The Bertz CT molecular complexity index is 606. The van der Waals surface area contributed by atoms with Gasteiger partial charge in [0.2, 0.25) is 0 Å². The molecule has 0 bridgehead atoms. The molecule has 0 unspecified atom stereocenters. The van der Waals surface area contributed by atoms with Gasteiger partial charge in [0.05, 0.1) is 5.39 Å². The minimum atomic E-state index is -1.71. The Morgan fingerprint density at radius 1 is 1.05 bits per heavy atom. The summed E-state index contributed by atoms with van der Waals surface area (Å²) in [5.74, 6) is 0.846. The van der Waals surface area contributed by atoms with Crippen molar-refractivity contribution in [2.75, 3.05) is 0 Å². The molecule has 2 rings (SSSR count). The largest absolute Gasteiger partial charge is 0.543 e. The third kappa shape index (κ3) is 2.73. The van der Waals surface area contributed by atoms with Crippen molar-refractivity contribution in [3.05, 3.63) is 40.8 Å². The van der Waals surface area contributed by atoms with Crippen LogP contribution in [0.3, 0.4) is 0 Å². The lowest BCUT2D eigenvalue weighted by molar-refractivity contribution is 0.530. The molecule has 0 aliphatic carbocycles. The van der Waals surface area contributed by atoms with Gasteiger partial charge in [-0.05, 0) is 36.3 Å². The molecule has 0 radical (unpaired) electrons. The van der Waals surface area contributed by atoms with Gasteiger partial charge in [-0.2, -0.15) is 0 Å². The zero-order chi connectivity index (χ0) is 13.9. The molecule has 0 fully saturated rings. The van der Waals surface area contributed by atoms with Crippen LogP contribution >= 0.6 is 0 Å². The van der Waals surface area contributed by atoms with Gasteiger partial charge in [-0.25, -0.2) is 4.79 Å². The van der Waals surface area contributed by atoms with Crippen LogP contribution in [0.2, 0.25) is 18.1 Å². The first-order valence-corrected chi connectivity index (χ1v) is 9.39. The van der Waals surface area contributed by atoms with Crippen molar-refractivity contribution in [2.45, 2.75) is 38.9 Å². The quantitative estimate of drug-likeness (QED) is 0.607. The van der Waals surface area contributed by atoms with E-state index in [4.69, 9.17) is 8.84 Å². The minimum absolute atomic E-state index is 0.324. The lowest BCUT2D eigenvalue weighted by atomic mass is 10.2. The van der Waals surface area contributed by atoms with Crippen LogP contribution in [0.5, 0.6) is 5.75 Å². The average molecular weight is 276 g/mol. The molecular weight excluding hydrogens is 256 g/mol. The van der Waals surface area contributed by atoms with Gasteiger partial charge in [0.15, 0.2) is 0 Å². The third-order valence-electron chi connectivity index (χ3n) is 3.88. The normalized spacial score (nSPS) is 11.7. The molecular formula is C15H20O3Si. The van der Waals surface area contributed by atoms with E-state index < -0.39 is 8.32 Å². The van der Waals surface area contributed by atoms with Gasteiger partial charge in [0.25, 0.3) is 8.32 Å². The number of hydrogen-bond donors (Lipinski definition) is 0. The van der Waals surface area contributed by atoms with Gasteiger partial charge >= 0.3 is 5.63 Å². The van der Waals surface area contributed by atoms with Gasteiger partial charge < -0.3 is 8.84 Å². The zero-order valence-electron chi connectivity index (χ0n) is 11.7. The maximum Gasteiger partial charge on any atom is 0.336 e. The Labute approximate surface area is 114 Å². The molecule has 0 saturated carbocycles. The fourth-order valence-corrected chi connectivity index (χ4v) is 4.94. The molecule has 0 saturated heterocycles. The highest BCUT2D eigenvalue weighted by molar-refractivity contribution is 6.74. The highest BCUT2D eigenvalue weighted by Gasteiger charge is 2.31. The number of hydrogen-bond acceptors (Lipinski definition) is 3. The summed E-state index contributed by atoms with van der Waals surface area (Å²) in [6, 6.07) is 12.1. The maximum atomic E-state index is 11.2. The summed E-state index contributed by atoms with van der Waals surface area (Å²) >= 11 is 0. The minimum Gasteiger partial charge on any atom is -0.543 e. The van der Waals surface area contributed by atoms with Crippen molar-refractivity contribution in [3.8, 4) is 5.75 Å². The first-order valence-electron chi connectivity index (χ1n) is 6.86. The van der Waals surface area contributed by atoms with Crippen molar-refractivity contribution < 1.29 is 8.84 Å². The van der Waals surface area contributed by atoms with Crippen LogP contribution in [0.25, 0.3) is 11.0 Å². The van der Waals surface area contributed by atoms with E-state index >= 15 is 0 Å². The Balaban J connectivity index is 2.48. The molecule has 19 heavy (non-hydrogen) atoms. The summed E-state index contributed by atoms with van der Waals surface area (Å²) in [6.07, 6.45) is 0. The molecule has 1 aromatic heterocycles. The maximum absolute atomic E-state index is 11.2.